The molecule has 0 fully saturated rings. The molecule has 0 saturated carbocycles. The molecule has 0 aliphatic carbocycles. The summed E-state index contributed by atoms with van der Waals surface area (Å²) in [6.07, 6.45) is 2.32. The number of rotatable bonds is 5. The van der Waals surface area contributed by atoms with Crippen molar-refractivity contribution >= 4 is 5.91 Å². The van der Waals surface area contributed by atoms with E-state index in [0.29, 0.717) is 13.0 Å². The molecule has 4 heteroatoms. The largest absolute Gasteiger partial charge is 0.469 e. The van der Waals surface area contributed by atoms with Crippen LogP contribution in [0.15, 0.2) is 22.8 Å². The third-order valence-corrected chi connectivity index (χ3v) is 3.42. The summed E-state index contributed by atoms with van der Waals surface area (Å²) < 4.78 is 5.19. The molecule has 0 aliphatic heterocycles. The normalized spacial score (nSPS) is 12.5. The Kier molecular flexibility index (Phi) is 3.98. The van der Waals surface area contributed by atoms with Crippen LogP contribution in [0.5, 0.6) is 0 Å². The van der Waals surface area contributed by atoms with E-state index in [4.69, 9.17) is 10.2 Å². The minimum atomic E-state index is -0.601. The van der Waals surface area contributed by atoms with Crippen molar-refractivity contribution in [3.63, 3.8) is 0 Å². The molecule has 0 spiro atoms. The van der Waals surface area contributed by atoms with Gasteiger partial charge in [0, 0.05) is 18.5 Å². The zero-order chi connectivity index (χ0) is 13.1. The lowest BCUT2D eigenvalue weighted by molar-refractivity contribution is -0.132. The quantitative estimate of drug-likeness (QED) is 0.820. The summed E-state index contributed by atoms with van der Waals surface area (Å²) in [5.41, 5.74) is 4.85. The highest BCUT2D eigenvalue weighted by Crippen LogP contribution is 2.28. The van der Waals surface area contributed by atoms with Gasteiger partial charge in [-0.1, -0.05) is 0 Å². The summed E-state index contributed by atoms with van der Waals surface area (Å²) >= 11 is 0. The molecule has 4 nitrogen and oxygen atoms in total. The molecular weight excluding hydrogens is 216 g/mol. The second-order valence-corrected chi connectivity index (χ2v) is 5.43. The SMILES string of the molecule is CC(C)(N)C(C)(C)C(=O)NCCc1ccco1. The van der Waals surface area contributed by atoms with E-state index in [9.17, 15) is 4.79 Å². The minimum absolute atomic E-state index is 0.0310. The number of nitrogens with two attached hydrogens (primary N) is 1. The first-order chi connectivity index (χ1) is 7.75. The lowest BCUT2D eigenvalue weighted by Crippen LogP contribution is -2.55. The number of hydrogen-bond donors (Lipinski definition) is 2. The van der Waals surface area contributed by atoms with Gasteiger partial charge in [0.05, 0.1) is 11.7 Å². The number of hydrogen-bond acceptors (Lipinski definition) is 3. The van der Waals surface area contributed by atoms with E-state index in [0.717, 1.165) is 5.76 Å². The van der Waals surface area contributed by atoms with Crippen LogP contribution in [-0.4, -0.2) is 18.0 Å². The van der Waals surface area contributed by atoms with E-state index < -0.39 is 11.0 Å². The van der Waals surface area contributed by atoms with Crippen molar-refractivity contribution in [3.05, 3.63) is 24.2 Å². The number of furan rings is 1. The Morgan fingerprint density at radius 1 is 1.41 bits per heavy atom. The van der Waals surface area contributed by atoms with Crippen molar-refractivity contribution in [2.45, 2.75) is 39.7 Å². The van der Waals surface area contributed by atoms with Crippen molar-refractivity contribution in [3.8, 4) is 0 Å². The summed E-state index contributed by atoms with van der Waals surface area (Å²) in [7, 11) is 0. The van der Waals surface area contributed by atoms with Crippen LogP contribution in [0.3, 0.4) is 0 Å². The third kappa shape index (κ3) is 3.33. The fraction of sp³-hybridized carbons (Fsp3) is 0.615. The van der Waals surface area contributed by atoms with Crippen molar-refractivity contribution in [1.29, 1.82) is 0 Å². The van der Waals surface area contributed by atoms with Gasteiger partial charge in [0.2, 0.25) is 5.91 Å². The van der Waals surface area contributed by atoms with Crippen molar-refractivity contribution in [2.75, 3.05) is 6.54 Å². The highest BCUT2D eigenvalue weighted by atomic mass is 16.3. The fourth-order valence-corrected chi connectivity index (χ4v) is 1.27. The molecule has 0 bridgehead atoms. The maximum absolute atomic E-state index is 12.0. The summed E-state index contributed by atoms with van der Waals surface area (Å²) in [6, 6.07) is 3.73. The monoisotopic (exact) mass is 238 g/mol. The van der Waals surface area contributed by atoms with Gasteiger partial charge in [0.15, 0.2) is 0 Å². The molecule has 1 heterocycles. The topological polar surface area (TPSA) is 68.3 Å². The van der Waals surface area contributed by atoms with E-state index in [1.165, 1.54) is 0 Å². The number of nitrogens with one attached hydrogen (secondary N) is 1. The van der Waals surface area contributed by atoms with Crippen LogP contribution >= 0.6 is 0 Å². The van der Waals surface area contributed by atoms with Crippen LogP contribution in [0, 0.1) is 5.41 Å². The molecule has 17 heavy (non-hydrogen) atoms. The van der Waals surface area contributed by atoms with Gasteiger partial charge in [-0.3, -0.25) is 4.79 Å². The van der Waals surface area contributed by atoms with Crippen LogP contribution in [0.1, 0.15) is 33.5 Å². The van der Waals surface area contributed by atoms with Gasteiger partial charge in [-0.2, -0.15) is 0 Å². The summed E-state index contributed by atoms with van der Waals surface area (Å²) in [5, 5.41) is 2.89. The average Bonchev–Trinajstić information content (AvgIpc) is 2.68. The lowest BCUT2D eigenvalue weighted by Gasteiger charge is -2.36. The Balaban J connectivity index is 2.45. The molecular formula is C13H22N2O2. The van der Waals surface area contributed by atoms with Gasteiger partial charge >= 0.3 is 0 Å². The second-order valence-electron chi connectivity index (χ2n) is 5.43. The molecule has 0 radical (unpaired) electrons. The summed E-state index contributed by atoms with van der Waals surface area (Å²) in [5.74, 6) is 0.840. The van der Waals surface area contributed by atoms with Crippen LogP contribution in [-0.2, 0) is 11.2 Å². The maximum Gasteiger partial charge on any atom is 0.227 e. The standard InChI is InChI=1S/C13H22N2O2/c1-12(2,13(3,4)14)11(16)15-8-7-10-6-5-9-17-10/h5-6,9H,7-8,14H2,1-4H3,(H,15,16). The number of amides is 1. The maximum atomic E-state index is 12.0. The van der Waals surface area contributed by atoms with Gasteiger partial charge in [-0.15, -0.1) is 0 Å². The Morgan fingerprint density at radius 2 is 2.06 bits per heavy atom. The molecule has 1 aromatic rings. The predicted molar refractivity (Wildman–Crippen MR) is 67.5 cm³/mol. The zero-order valence-electron chi connectivity index (χ0n) is 11.0. The predicted octanol–water partition coefficient (Wildman–Crippen LogP) is 1.70. The van der Waals surface area contributed by atoms with E-state index in [1.54, 1.807) is 6.26 Å². The van der Waals surface area contributed by atoms with Gasteiger partial charge < -0.3 is 15.5 Å². The van der Waals surface area contributed by atoms with Crippen molar-refractivity contribution < 1.29 is 9.21 Å². The molecule has 0 atom stereocenters. The molecule has 0 aliphatic rings. The van der Waals surface area contributed by atoms with Crippen LogP contribution in [0.25, 0.3) is 0 Å². The van der Waals surface area contributed by atoms with E-state index in [-0.39, 0.29) is 5.91 Å². The van der Waals surface area contributed by atoms with Gasteiger partial charge in [-0.05, 0) is 39.8 Å². The van der Waals surface area contributed by atoms with Gasteiger partial charge in [-0.25, -0.2) is 0 Å². The van der Waals surface area contributed by atoms with E-state index in [1.807, 2.05) is 39.8 Å². The van der Waals surface area contributed by atoms with Crippen molar-refractivity contribution in [2.24, 2.45) is 11.1 Å². The Morgan fingerprint density at radius 3 is 2.53 bits per heavy atom. The summed E-state index contributed by atoms with van der Waals surface area (Å²) in [6.45, 7) is 7.99. The van der Waals surface area contributed by atoms with E-state index in [2.05, 4.69) is 5.32 Å². The first-order valence-electron chi connectivity index (χ1n) is 5.85. The van der Waals surface area contributed by atoms with Crippen LogP contribution in [0.4, 0.5) is 0 Å². The molecule has 0 saturated heterocycles. The Bertz CT molecular complexity index is 361. The average molecular weight is 238 g/mol. The molecule has 1 rings (SSSR count). The third-order valence-electron chi connectivity index (χ3n) is 3.42. The van der Waals surface area contributed by atoms with Crippen LogP contribution in [0.2, 0.25) is 0 Å². The first-order valence-corrected chi connectivity index (χ1v) is 5.85. The van der Waals surface area contributed by atoms with Crippen molar-refractivity contribution in [1.82, 2.24) is 5.32 Å². The summed E-state index contributed by atoms with van der Waals surface area (Å²) in [4.78, 5) is 12.0. The molecule has 3 N–H and O–H groups in total. The Labute approximate surface area is 103 Å². The number of carbonyl (C=O) groups is 1. The zero-order valence-corrected chi connectivity index (χ0v) is 11.0. The van der Waals surface area contributed by atoms with Gasteiger partial charge in [0.1, 0.15) is 5.76 Å². The first kappa shape index (κ1) is 13.8. The molecule has 0 aromatic carbocycles. The smallest absolute Gasteiger partial charge is 0.227 e. The van der Waals surface area contributed by atoms with Crippen LogP contribution < -0.4 is 11.1 Å². The highest BCUT2D eigenvalue weighted by molar-refractivity contribution is 5.83. The molecule has 1 aromatic heterocycles. The minimum Gasteiger partial charge on any atom is -0.469 e. The Hall–Kier alpha value is -1.29. The highest BCUT2D eigenvalue weighted by Gasteiger charge is 2.40. The molecule has 0 unspecified atom stereocenters. The molecule has 96 valence electrons. The molecule has 1 amide bonds. The fourth-order valence-electron chi connectivity index (χ4n) is 1.27. The lowest BCUT2D eigenvalue weighted by atomic mass is 9.74. The van der Waals surface area contributed by atoms with Gasteiger partial charge in [0.25, 0.3) is 0 Å². The second kappa shape index (κ2) is 4.92. The van der Waals surface area contributed by atoms with E-state index >= 15 is 0 Å². The number of carbonyl (C=O) groups excluding carboxylic acids is 1.